The molecule has 0 saturated carbocycles. The molecular weight excluding hydrogens is 829 g/mol. The van der Waals surface area contributed by atoms with E-state index in [1.807, 2.05) is 6.08 Å². The summed E-state index contributed by atoms with van der Waals surface area (Å²) in [5.74, 6) is -1.08. The van der Waals surface area contributed by atoms with Crippen LogP contribution in [0.25, 0.3) is 0 Å². The molecule has 0 radical (unpaired) electrons. The van der Waals surface area contributed by atoms with Gasteiger partial charge in [0.15, 0.2) is 6.10 Å². The molecule has 0 amide bonds. The molecule has 0 aromatic carbocycles. The molecule has 0 rings (SSSR count). The van der Waals surface area contributed by atoms with Gasteiger partial charge in [0, 0.05) is 12.8 Å². The predicted octanol–water partition coefficient (Wildman–Crippen LogP) is 18.3. The van der Waals surface area contributed by atoms with Crippen LogP contribution in [-0.4, -0.2) is 37.2 Å². The molecule has 0 bridgehead atoms. The topological polar surface area (TPSA) is 78.9 Å². The number of hydrogen-bond donors (Lipinski definition) is 0. The first-order valence-electron chi connectivity index (χ1n) is 27.4. The molecule has 0 N–H and O–H groups in total. The van der Waals surface area contributed by atoms with E-state index < -0.39 is 12.1 Å². The van der Waals surface area contributed by atoms with Gasteiger partial charge in [0.05, 0.1) is 6.42 Å². The third-order valence-corrected chi connectivity index (χ3v) is 11.3. The van der Waals surface area contributed by atoms with Gasteiger partial charge >= 0.3 is 17.9 Å². The zero-order chi connectivity index (χ0) is 48.6. The maximum atomic E-state index is 12.7. The van der Waals surface area contributed by atoms with E-state index in [1.54, 1.807) is 6.08 Å². The number of rotatable bonds is 48. The lowest BCUT2D eigenvalue weighted by Gasteiger charge is -2.18. The number of ether oxygens (including phenoxy) is 3. The minimum Gasteiger partial charge on any atom is -0.462 e. The monoisotopic (exact) mass is 929 g/mol. The molecule has 0 aromatic rings. The summed E-state index contributed by atoms with van der Waals surface area (Å²) in [5, 5.41) is 0. The normalized spacial score (nSPS) is 12.9. The summed E-state index contributed by atoms with van der Waals surface area (Å²) >= 11 is 0. The first kappa shape index (κ1) is 63.1. The minimum atomic E-state index is -0.840. The maximum Gasteiger partial charge on any atom is 0.310 e. The second-order valence-electron chi connectivity index (χ2n) is 17.8. The summed E-state index contributed by atoms with van der Waals surface area (Å²) in [7, 11) is 0. The first-order chi connectivity index (χ1) is 33.0. The number of hydrogen-bond acceptors (Lipinski definition) is 6. The molecular formula is C61H100O6. The van der Waals surface area contributed by atoms with E-state index in [0.29, 0.717) is 19.3 Å². The van der Waals surface area contributed by atoms with E-state index in [-0.39, 0.29) is 31.6 Å². The fourth-order valence-electron chi connectivity index (χ4n) is 7.15. The Kier molecular flexibility index (Phi) is 51.5. The van der Waals surface area contributed by atoms with Crippen LogP contribution in [0.15, 0.2) is 109 Å². The number of unbranched alkanes of at least 4 members (excludes halogenated alkanes) is 20. The van der Waals surface area contributed by atoms with E-state index in [1.165, 1.54) is 96.3 Å². The molecule has 1 atom stereocenters. The summed E-state index contributed by atoms with van der Waals surface area (Å²) < 4.78 is 16.7. The van der Waals surface area contributed by atoms with Gasteiger partial charge in [-0.05, 0) is 103 Å². The van der Waals surface area contributed by atoms with Crippen molar-refractivity contribution in [3.05, 3.63) is 109 Å². The van der Waals surface area contributed by atoms with Crippen molar-refractivity contribution in [2.75, 3.05) is 13.2 Å². The van der Waals surface area contributed by atoms with E-state index in [2.05, 4.69) is 118 Å². The summed E-state index contributed by atoms with van der Waals surface area (Å²) in [4.78, 5) is 37.9. The van der Waals surface area contributed by atoms with Crippen molar-refractivity contribution in [3.8, 4) is 0 Å². The van der Waals surface area contributed by atoms with E-state index in [4.69, 9.17) is 14.2 Å². The standard InChI is InChI=1S/C61H100O6/c1-4-7-10-13-16-19-22-24-26-27-28-29-30-31-32-33-35-36-39-42-45-48-51-54-60(63)66-57-58(56-65-59(62)53-50-47-44-41-38-21-18-15-12-9-6-3)67-61(64)55-52-49-46-43-40-37-34-25-23-20-17-14-11-8-5-2/h8,11,15,17-18,20,22,24-25,27-28,30-31,34,40,43,49,52,58H,4-7,9-10,12-14,16,19,21,23,26,29,32-33,35-39,41-42,44-48,50-51,53-57H2,1-3H3/b11-8-,18-15-,20-17-,24-22-,28-27-,31-30-,34-25-,43-40-,52-49-. The number of carbonyl (C=O) groups excluding carboxylic acids is 3. The van der Waals surface area contributed by atoms with Crippen LogP contribution >= 0.6 is 0 Å². The number of esters is 3. The summed E-state index contributed by atoms with van der Waals surface area (Å²) in [5.41, 5.74) is 0. The average molecular weight is 929 g/mol. The molecule has 380 valence electrons. The van der Waals surface area contributed by atoms with Crippen molar-refractivity contribution in [1.29, 1.82) is 0 Å². The molecule has 6 nitrogen and oxygen atoms in total. The Labute approximate surface area is 412 Å². The molecule has 67 heavy (non-hydrogen) atoms. The largest absolute Gasteiger partial charge is 0.462 e. The highest BCUT2D eigenvalue weighted by molar-refractivity contribution is 5.72. The minimum absolute atomic E-state index is 0.0904. The van der Waals surface area contributed by atoms with Crippen molar-refractivity contribution in [1.82, 2.24) is 0 Å². The smallest absolute Gasteiger partial charge is 0.310 e. The van der Waals surface area contributed by atoms with Gasteiger partial charge in [-0.3, -0.25) is 14.4 Å². The van der Waals surface area contributed by atoms with Gasteiger partial charge in [0.1, 0.15) is 13.2 Å². The lowest BCUT2D eigenvalue weighted by molar-refractivity contribution is -0.166. The quantitative estimate of drug-likeness (QED) is 0.0262. The van der Waals surface area contributed by atoms with Crippen LogP contribution in [-0.2, 0) is 28.6 Å². The SMILES string of the molecule is CC/C=C\C/C=C\C/C=C\C/C=C\C/C=C\CC(=O)OC(COC(=O)CCCCCCC/C=C\CCCC)COC(=O)CCCCCCCCCC/C=C\C/C=C\C/C=C\CCCCCCC. The molecule has 0 aliphatic heterocycles. The van der Waals surface area contributed by atoms with Crippen LogP contribution in [0.2, 0.25) is 0 Å². The molecule has 0 aliphatic rings. The van der Waals surface area contributed by atoms with Gasteiger partial charge in [-0.1, -0.05) is 226 Å². The lowest BCUT2D eigenvalue weighted by Crippen LogP contribution is -2.30. The molecule has 0 aliphatic carbocycles. The van der Waals surface area contributed by atoms with Gasteiger partial charge in [-0.15, -0.1) is 0 Å². The Morgan fingerprint density at radius 2 is 0.642 bits per heavy atom. The highest BCUT2D eigenvalue weighted by atomic mass is 16.6. The predicted molar refractivity (Wildman–Crippen MR) is 288 cm³/mol. The maximum absolute atomic E-state index is 12.7. The molecule has 1 unspecified atom stereocenters. The second kappa shape index (κ2) is 54.7. The Balaban J connectivity index is 4.43. The van der Waals surface area contributed by atoms with Gasteiger partial charge in [-0.2, -0.15) is 0 Å². The van der Waals surface area contributed by atoms with Crippen LogP contribution in [0.3, 0.4) is 0 Å². The van der Waals surface area contributed by atoms with Crippen LogP contribution in [0.1, 0.15) is 239 Å². The molecule has 0 saturated heterocycles. The highest BCUT2D eigenvalue weighted by Gasteiger charge is 2.19. The summed E-state index contributed by atoms with van der Waals surface area (Å²) in [6.45, 7) is 6.37. The van der Waals surface area contributed by atoms with Gasteiger partial charge < -0.3 is 14.2 Å². The molecule has 0 fully saturated rings. The lowest BCUT2D eigenvalue weighted by atomic mass is 10.1. The Bertz CT molecular complexity index is 1390. The summed E-state index contributed by atoms with van der Waals surface area (Å²) in [6.07, 6.45) is 73.9. The van der Waals surface area contributed by atoms with E-state index in [9.17, 15) is 14.4 Å². The molecule has 0 spiro atoms. The second-order valence-corrected chi connectivity index (χ2v) is 17.8. The van der Waals surface area contributed by atoms with E-state index in [0.717, 1.165) is 96.3 Å². The third-order valence-electron chi connectivity index (χ3n) is 11.3. The van der Waals surface area contributed by atoms with Crippen molar-refractivity contribution in [2.45, 2.75) is 245 Å². The first-order valence-corrected chi connectivity index (χ1v) is 27.4. The number of allylic oxidation sites excluding steroid dienone is 17. The average Bonchev–Trinajstić information content (AvgIpc) is 3.33. The molecule has 0 heterocycles. The zero-order valence-electron chi connectivity index (χ0n) is 43.4. The fraction of sp³-hybridized carbons (Fsp3) is 0.656. The molecule has 0 aromatic heterocycles. The van der Waals surface area contributed by atoms with Gasteiger partial charge in [0.25, 0.3) is 0 Å². The highest BCUT2D eigenvalue weighted by Crippen LogP contribution is 2.13. The van der Waals surface area contributed by atoms with Crippen LogP contribution in [0.5, 0.6) is 0 Å². The van der Waals surface area contributed by atoms with Crippen molar-refractivity contribution < 1.29 is 28.6 Å². The van der Waals surface area contributed by atoms with Crippen molar-refractivity contribution in [3.63, 3.8) is 0 Å². The van der Waals surface area contributed by atoms with Crippen molar-refractivity contribution in [2.24, 2.45) is 0 Å². The Morgan fingerprint density at radius 1 is 0.328 bits per heavy atom. The van der Waals surface area contributed by atoms with Crippen LogP contribution in [0, 0.1) is 0 Å². The van der Waals surface area contributed by atoms with Crippen LogP contribution < -0.4 is 0 Å². The summed E-state index contributed by atoms with van der Waals surface area (Å²) in [6, 6.07) is 0. The van der Waals surface area contributed by atoms with Gasteiger partial charge in [-0.25, -0.2) is 0 Å². The zero-order valence-corrected chi connectivity index (χ0v) is 43.4. The number of carbonyl (C=O) groups is 3. The van der Waals surface area contributed by atoms with Crippen molar-refractivity contribution >= 4 is 17.9 Å². The molecule has 6 heteroatoms. The Hall–Kier alpha value is -3.93. The van der Waals surface area contributed by atoms with E-state index >= 15 is 0 Å². The third kappa shape index (κ3) is 52.9. The van der Waals surface area contributed by atoms with Crippen LogP contribution in [0.4, 0.5) is 0 Å². The Morgan fingerprint density at radius 3 is 1.04 bits per heavy atom. The fourth-order valence-corrected chi connectivity index (χ4v) is 7.15. The van der Waals surface area contributed by atoms with Gasteiger partial charge in [0.2, 0.25) is 0 Å².